The quantitative estimate of drug-likeness (QED) is 0.137. The molecular weight excluding hydrogens is 515 g/mol. The SMILES string of the molecule is Cc1cc2ccccc2[cH-]1.Cc1cc2ccccc2[cH-]1.Cl.Cl.[CH2-]c1ccccc1.[Si]=[Zr]. The van der Waals surface area contributed by atoms with E-state index in [1.807, 2.05) is 30.3 Å². The van der Waals surface area contributed by atoms with Gasteiger partial charge in [0.15, 0.2) is 0 Å². The third-order valence-corrected chi connectivity index (χ3v) is 4.37. The molecule has 5 aromatic rings. The molecule has 2 radical (unpaired) electrons. The Bertz CT molecular complexity index is 992. The van der Waals surface area contributed by atoms with E-state index in [-0.39, 0.29) is 24.8 Å². The zero-order chi connectivity index (χ0) is 21.1. The fourth-order valence-corrected chi connectivity index (χ4v) is 3.09. The van der Waals surface area contributed by atoms with Crippen molar-refractivity contribution in [2.75, 3.05) is 0 Å². The summed E-state index contributed by atoms with van der Waals surface area (Å²) in [6.07, 6.45) is 0. The molecule has 0 spiro atoms. The fraction of sp³-hybridized carbons (Fsp3) is 0.0741. The van der Waals surface area contributed by atoms with Crippen LogP contribution in [0.2, 0.25) is 0 Å². The van der Waals surface area contributed by atoms with E-state index in [1.54, 1.807) is 0 Å². The average molecular weight is 542 g/mol. The molecule has 0 amide bonds. The van der Waals surface area contributed by atoms with Gasteiger partial charge in [0.25, 0.3) is 0 Å². The van der Waals surface area contributed by atoms with Crippen molar-refractivity contribution in [3.63, 3.8) is 0 Å². The van der Waals surface area contributed by atoms with Gasteiger partial charge in [0.1, 0.15) is 0 Å². The first-order valence-corrected chi connectivity index (χ1v) is 13.7. The molecule has 0 saturated carbocycles. The van der Waals surface area contributed by atoms with E-state index in [0.717, 1.165) is 5.56 Å². The zero-order valence-corrected chi connectivity index (χ0v) is 22.9. The molecule has 0 fully saturated rings. The van der Waals surface area contributed by atoms with Gasteiger partial charge in [0, 0.05) is 0 Å². The molecule has 0 bridgehead atoms. The van der Waals surface area contributed by atoms with Crippen molar-refractivity contribution in [1.82, 2.24) is 0 Å². The Balaban J connectivity index is 0.000000412. The van der Waals surface area contributed by atoms with Crippen molar-refractivity contribution >= 4 is 53.2 Å². The molecule has 0 N–H and O–H groups in total. The third kappa shape index (κ3) is 10.1. The summed E-state index contributed by atoms with van der Waals surface area (Å²) >= 11 is 1.36. The molecule has 5 aromatic carbocycles. The molecule has 0 saturated heterocycles. The summed E-state index contributed by atoms with van der Waals surface area (Å²) in [7, 11) is 0. The van der Waals surface area contributed by atoms with E-state index in [4.69, 9.17) is 0 Å². The van der Waals surface area contributed by atoms with Crippen LogP contribution in [0.1, 0.15) is 16.7 Å². The second-order valence-electron chi connectivity index (χ2n) is 6.81. The van der Waals surface area contributed by atoms with Crippen molar-refractivity contribution in [3.05, 3.63) is 127 Å². The average Bonchev–Trinajstić information content (AvgIpc) is 3.31. The summed E-state index contributed by atoms with van der Waals surface area (Å²) in [5, 5.41) is 5.39. The molecule has 0 unspecified atom stereocenters. The Morgan fingerprint density at radius 2 is 0.968 bits per heavy atom. The molecule has 0 aromatic heterocycles. The van der Waals surface area contributed by atoms with Crippen LogP contribution in [0.25, 0.3) is 21.5 Å². The predicted molar refractivity (Wildman–Crippen MR) is 140 cm³/mol. The Kier molecular flexibility index (Phi) is 15.3. The normalized spacial score (nSPS) is 8.81. The number of hydrogen-bond donors (Lipinski definition) is 0. The van der Waals surface area contributed by atoms with Crippen LogP contribution in [-0.2, 0) is 23.3 Å². The molecule has 0 nitrogen and oxygen atoms in total. The fourth-order valence-electron chi connectivity index (χ4n) is 3.09. The van der Waals surface area contributed by atoms with Crippen LogP contribution in [0.4, 0.5) is 0 Å². The van der Waals surface area contributed by atoms with Gasteiger partial charge in [-0.2, -0.15) is 36.8 Å². The zero-order valence-electron chi connectivity index (χ0n) is 17.8. The van der Waals surface area contributed by atoms with Gasteiger partial charge in [-0.3, -0.25) is 0 Å². The van der Waals surface area contributed by atoms with Crippen molar-refractivity contribution < 1.29 is 23.3 Å². The molecule has 0 aliphatic rings. The van der Waals surface area contributed by atoms with Crippen LogP contribution in [0.5, 0.6) is 0 Å². The van der Waals surface area contributed by atoms with Crippen LogP contribution in [0.3, 0.4) is 0 Å². The second-order valence-corrected chi connectivity index (χ2v) is 6.81. The van der Waals surface area contributed by atoms with Crippen LogP contribution >= 0.6 is 24.8 Å². The topological polar surface area (TPSA) is 0 Å². The van der Waals surface area contributed by atoms with Gasteiger partial charge in [-0.15, -0.1) is 118 Å². The van der Waals surface area contributed by atoms with E-state index in [0.29, 0.717) is 0 Å². The molecule has 0 aliphatic carbocycles. The second kappa shape index (κ2) is 16.1. The van der Waals surface area contributed by atoms with E-state index >= 15 is 0 Å². The summed E-state index contributed by atoms with van der Waals surface area (Å²) in [6.45, 7) is 11.0. The predicted octanol–water partition coefficient (Wildman–Crippen LogP) is 8.06. The Morgan fingerprint density at radius 3 is 1.29 bits per heavy atom. The molecule has 4 heteroatoms. The maximum absolute atomic E-state index is 3.72. The molecular formula is C27H27Cl2SiZr-3. The van der Waals surface area contributed by atoms with Crippen LogP contribution in [0.15, 0.2) is 103 Å². The summed E-state index contributed by atoms with van der Waals surface area (Å²) in [5.74, 6) is 0. The monoisotopic (exact) mass is 539 g/mol. The van der Waals surface area contributed by atoms with Gasteiger partial charge in [-0.1, -0.05) is 32.0 Å². The molecule has 5 rings (SSSR count). The van der Waals surface area contributed by atoms with Crippen molar-refractivity contribution in [2.45, 2.75) is 13.8 Å². The van der Waals surface area contributed by atoms with Gasteiger partial charge in [-0.05, 0) is 0 Å². The number of hydrogen-bond acceptors (Lipinski definition) is 0. The van der Waals surface area contributed by atoms with Gasteiger partial charge < -0.3 is 0 Å². The summed E-state index contributed by atoms with van der Waals surface area (Å²) in [5.41, 5.74) is 3.77. The maximum atomic E-state index is 3.72. The minimum absolute atomic E-state index is 0. The Labute approximate surface area is 215 Å². The van der Waals surface area contributed by atoms with Crippen LogP contribution in [-0.4, -0.2) is 6.88 Å². The third-order valence-electron chi connectivity index (χ3n) is 4.37. The number of halogens is 2. The van der Waals surface area contributed by atoms with E-state index in [9.17, 15) is 0 Å². The van der Waals surface area contributed by atoms with Crippen LogP contribution in [0, 0.1) is 20.8 Å². The number of benzene rings is 3. The van der Waals surface area contributed by atoms with E-state index in [1.165, 1.54) is 56.0 Å². The first-order valence-electron chi connectivity index (χ1n) is 9.48. The van der Waals surface area contributed by atoms with Crippen LogP contribution < -0.4 is 0 Å². The van der Waals surface area contributed by atoms with Gasteiger partial charge in [0.05, 0.1) is 0 Å². The molecule has 160 valence electrons. The first kappa shape index (κ1) is 29.4. The van der Waals surface area contributed by atoms with Gasteiger partial charge in [-0.25, -0.2) is 0 Å². The summed E-state index contributed by atoms with van der Waals surface area (Å²) in [6, 6.07) is 35.5. The summed E-state index contributed by atoms with van der Waals surface area (Å²) in [4.78, 5) is 0. The Morgan fingerprint density at radius 1 is 0.613 bits per heavy atom. The molecule has 31 heavy (non-hydrogen) atoms. The minimum atomic E-state index is 0. The van der Waals surface area contributed by atoms with E-state index in [2.05, 4.69) is 100 Å². The number of fused-ring (bicyclic) bond motifs is 2. The summed E-state index contributed by atoms with van der Waals surface area (Å²) < 4.78 is 0. The molecule has 0 heterocycles. The number of rotatable bonds is 0. The first-order chi connectivity index (χ1) is 14.1. The molecule has 0 aliphatic heterocycles. The van der Waals surface area contributed by atoms with Crippen molar-refractivity contribution in [1.29, 1.82) is 0 Å². The van der Waals surface area contributed by atoms with Gasteiger partial charge >= 0.3 is 30.2 Å². The van der Waals surface area contributed by atoms with Gasteiger partial charge in [0.2, 0.25) is 0 Å². The van der Waals surface area contributed by atoms with E-state index < -0.39 is 0 Å². The number of aryl methyl sites for hydroxylation is 2. The van der Waals surface area contributed by atoms with Crippen molar-refractivity contribution in [2.24, 2.45) is 0 Å². The van der Waals surface area contributed by atoms with Crippen molar-refractivity contribution in [3.8, 4) is 0 Å². The standard InChI is InChI=1S/2C10H9.C7H7.2ClH.Si.Zr/c2*1-8-6-9-4-2-3-5-10(9)7-8;1-7-5-3-2-4-6-7;;;;/h2*2-7H,1H3;2-6H,1H2;2*1H;;/q3*-1;;;;. The Hall–Kier alpha value is -1.57. The molecule has 0 atom stereocenters.